The minimum Gasteiger partial charge on any atom is -0.342 e. The van der Waals surface area contributed by atoms with Crippen molar-refractivity contribution in [1.82, 2.24) is 14.7 Å². The van der Waals surface area contributed by atoms with Crippen LogP contribution in [0.3, 0.4) is 0 Å². The fourth-order valence-corrected chi connectivity index (χ4v) is 5.06. The zero-order chi connectivity index (χ0) is 19.1. The molecule has 148 valence electrons. The van der Waals surface area contributed by atoms with Gasteiger partial charge in [-0.3, -0.25) is 14.5 Å². The van der Waals surface area contributed by atoms with Crippen LogP contribution in [0.15, 0.2) is 33.6 Å². The number of amides is 2. The number of carbonyl (C=O) groups is 2. The van der Waals surface area contributed by atoms with Crippen LogP contribution in [-0.2, 0) is 9.59 Å². The molecule has 27 heavy (non-hydrogen) atoms. The van der Waals surface area contributed by atoms with E-state index in [1.807, 2.05) is 28.0 Å². The highest BCUT2D eigenvalue weighted by Gasteiger charge is 2.24. The topological polar surface area (TPSA) is 43.9 Å². The molecular formula is C20H28BrN3O2S. The summed E-state index contributed by atoms with van der Waals surface area (Å²) >= 11 is 5.25. The first-order chi connectivity index (χ1) is 13.1. The molecule has 7 heteroatoms. The van der Waals surface area contributed by atoms with Gasteiger partial charge in [0.15, 0.2) is 0 Å². The number of rotatable bonds is 6. The second-order valence-electron chi connectivity index (χ2n) is 7.13. The summed E-state index contributed by atoms with van der Waals surface area (Å²) in [4.78, 5) is 32.1. The van der Waals surface area contributed by atoms with Gasteiger partial charge in [0.2, 0.25) is 11.8 Å². The molecule has 0 N–H and O–H groups in total. The van der Waals surface area contributed by atoms with Crippen molar-refractivity contribution in [2.45, 2.75) is 30.6 Å². The van der Waals surface area contributed by atoms with Gasteiger partial charge >= 0.3 is 0 Å². The maximum absolute atomic E-state index is 12.5. The Morgan fingerprint density at radius 1 is 0.889 bits per heavy atom. The molecule has 0 spiro atoms. The quantitative estimate of drug-likeness (QED) is 0.620. The molecule has 2 saturated heterocycles. The van der Waals surface area contributed by atoms with Crippen LogP contribution in [0.25, 0.3) is 0 Å². The van der Waals surface area contributed by atoms with Gasteiger partial charge in [0.25, 0.3) is 0 Å². The van der Waals surface area contributed by atoms with Crippen molar-refractivity contribution in [2.75, 3.05) is 51.6 Å². The van der Waals surface area contributed by atoms with Crippen LogP contribution < -0.4 is 0 Å². The standard InChI is InChI=1S/C20H28BrN3O2S/c21-17-6-2-3-7-18(17)27-15-8-19(25)24-13-11-22(12-14-24)16-20(26)23-9-4-1-5-10-23/h2-3,6-7H,1,4-5,8-16H2. The van der Waals surface area contributed by atoms with Crippen molar-refractivity contribution < 1.29 is 9.59 Å². The second-order valence-corrected chi connectivity index (χ2v) is 9.12. The summed E-state index contributed by atoms with van der Waals surface area (Å²) in [5.74, 6) is 1.26. The lowest BCUT2D eigenvalue weighted by atomic mass is 10.1. The normalized spacial score (nSPS) is 18.6. The van der Waals surface area contributed by atoms with Gasteiger partial charge in [-0.2, -0.15) is 0 Å². The van der Waals surface area contributed by atoms with Crippen LogP contribution in [0, 0.1) is 0 Å². The average molecular weight is 454 g/mol. The van der Waals surface area contributed by atoms with Gasteiger partial charge in [0.05, 0.1) is 6.54 Å². The number of halogens is 1. The van der Waals surface area contributed by atoms with E-state index >= 15 is 0 Å². The van der Waals surface area contributed by atoms with Gasteiger partial charge in [0.1, 0.15) is 0 Å². The molecular weight excluding hydrogens is 426 g/mol. The molecule has 2 heterocycles. The molecule has 2 amide bonds. The van der Waals surface area contributed by atoms with Crippen molar-refractivity contribution in [3.05, 3.63) is 28.7 Å². The van der Waals surface area contributed by atoms with Gasteiger partial charge in [-0.25, -0.2) is 0 Å². The molecule has 3 rings (SSSR count). The number of benzene rings is 1. The number of thioether (sulfide) groups is 1. The van der Waals surface area contributed by atoms with Crippen LogP contribution in [0.4, 0.5) is 0 Å². The largest absolute Gasteiger partial charge is 0.342 e. The number of nitrogens with zero attached hydrogens (tertiary/aromatic N) is 3. The third-order valence-electron chi connectivity index (χ3n) is 5.20. The van der Waals surface area contributed by atoms with Gasteiger partial charge in [-0.1, -0.05) is 12.1 Å². The molecule has 2 fully saturated rings. The number of hydrogen-bond donors (Lipinski definition) is 0. The van der Waals surface area contributed by atoms with E-state index in [0.29, 0.717) is 13.0 Å². The molecule has 5 nitrogen and oxygen atoms in total. The Kier molecular flexibility index (Phi) is 8.03. The lowest BCUT2D eigenvalue weighted by Crippen LogP contribution is -2.52. The minimum atomic E-state index is 0.219. The molecule has 0 radical (unpaired) electrons. The number of piperidine rings is 1. The Morgan fingerprint density at radius 2 is 1.56 bits per heavy atom. The van der Waals surface area contributed by atoms with Crippen molar-refractivity contribution in [1.29, 1.82) is 0 Å². The van der Waals surface area contributed by atoms with E-state index in [1.54, 1.807) is 11.8 Å². The lowest BCUT2D eigenvalue weighted by molar-refractivity contribution is -0.135. The van der Waals surface area contributed by atoms with Crippen LogP contribution in [0.1, 0.15) is 25.7 Å². The summed E-state index contributed by atoms with van der Waals surface area (Å²) in [6.07, 6.45) is 4.06. The van der Waals surface area contributed by atoms with E-state index in [9.17, 15) is 9.59 Å². The van der Waals surface area contributed by atoms with Crippen molar-refractivity contribution in [3.63, 3.8) is 0 Å². The van der Waals surface area contributed by atoms with E-state index in [4.69, 9.17) is 0 Å². The minimum absolute atomic E-state index is 0.219. The highest BCUT2D eigenvalue weighted by Crippen LogP contribution is 2.27. The van der Waals surface area contributed by atoms with Crippen LogP contribution in [-0.4, -0.2) is 78.1 Å². The lowest BCUT2D eigenvalue weighted by Gasteiger charge is -2.36. The summed E-state index contributed by atoms with van der Waals surface area (Å²) in [7, 11) is 0. The highest BCUT2D eigenvalue weighted by molar-refractivity contribution is 9.10. The zero-order valence-electron chi connectivity index (χ0n) is 15.7. The monoisotopic (exact) mass is 453 g/mol. The van der Waals surface area contributed by atoms with E-state index in [-0.39, 0.29) is 11.8 Å². The van der Waals surface area contributed by atoms with Crippen molar-refractivity contribution in [3.8, 4) is 0 Å². The Morgan fingerprint density at radius 3 is 2.26 bits per heavy atom. The van der Waals surface area contributed by atoms with Crippen molar-refractivity contribution >= 4 is 39.5 Å². The molecule has 0 unspecified atom stereocenters. The number of carbonyl (C=O) groups excluding carboxylic acids is 2. The maximum Gasteiger partial charge on any atom is 0.236 e. The van der Waals surface area contributed by atoms with E-state index in [1.165, 1.54) is 11.3 Å². The molecule has 0 aliphatic carbocycles. The predicted octanol–water partition coefficient (Wildman–Crippen LogP) is 3.09. The number of likely N-dealkylation sites (tertiary alicyclic amines) is 1. The molecule has 0 saturated carbocycles. The summed E-state index contributed by atoms with van der Waals surface area (Å²) in [6, 6.07) is 8.10. The van der Waals surface area contributed by atoms with Gasteiger partial charge in [-0.05, 0) is 47.3 Å². The Balaban J connectivity index is 1.35. The fraction of sp³-hybridized carbons (Fsp3) is 0.600. The van der Waals surface area contributed by atoms with E-state index in [2.05, 4.69) is 26.9 Å². The van der Waals surface area contributed by atoms with Crippen LogP contribution in [0.2, 0.25) is 0 Å². The Labute approximate surface area is 174 Å². The van der Waals surface area contributed by atoms with Gasteiger partial charge in [-0.15, -0.1) is 11.8 Å². The van der Waals surface area contributed by atoms with Crippen LogP contribution >= 0.6 is 27.7 Å². The SMILES string of the molecule is O=C(CCSc1ccccc1Br)N1CCN(CC(=O)N2CCCCC2)CC1. The average Bonchev–Trinajstić information content (AvgIpc) is 2.70. The molecule has 1 aromatic carbocycles. The summed E-state index contributed by atoms with van der Waals surface area (Å²) < 4.78 is 1.08. The summed E-state index contributed by atoms with van der Waals surface area (Å²) in [5, 5.41) is 0. The van der Waals surface area contributed by atoms with Crippen molar-refractivity contribution in [2.24, 2.45) is 0 Å². The first kappa shape index (κ1) is 20.7. The zero-order valence-corrected chi connectivity index (χ0v) is 18.1. The molecule has 0 atom stereocenters. The molecule has 2 aliphatic rings. The third kappa shape index (κ3) is 6.22. The van der Waals surface area contributed by atoms with Crippen LogP contribution in [0.5, 0.6) is 0 Å². The third-order valence-corrected chi connectivity index (χ3v) is 7.23. The fourth-order valence-electron chi connectivity index (χ4n) is 3.56. The first-order valence-electron chi connectivity index (χ1n) is 9.79. The molecule has 0 aromatic heterocycles. The Hall–Kier alpha value is -1.05. The van der Waals surface area contributed by atoms with E-state index < -0.39 is 0 Å². The molecule has 2 aliphatic heterocycles. The maximum atomic E-state index is 12.5. The molecule has 1 aromatic rings. The van der Waals surface area contributed by atoms with E-state index in [0.717, 1.165) is 62.3 Å². The summed E-state index contributed by atoms with van der Waals surface area (Å²) in [6.45, 7) is 5.36. The highest BCUT2D eigenvalue weighted by atomic mass is 79.9. The Bertz CT molecular complexity index is 644. The number of hydrogen-bond acceptors (Lipinski definition) is 4. The predicted molar refractivity (Wildman–Crippen MR) is 113 cm³/mol. The summed E-state index contributed by atoms with van der Waals surface area (Å²) in [5.41, 5.74) is 0. The second kappa shape index (κ2) is 10.5. The van der Waals surface area contributed by atoms with Gasteiger partial charge < -0.3 is 9.80 Å². The smallest absolute Gasteiger partial charge is 0.236 e. The molecule has 0 bridgehead atoms. The number of piperazine rings is 1. The first-order valence-corrected chi connectivity index (χ1v) is 11.6. The van der Waals surface area contributed by atoms with Gasteiger partial charge in [0, 0.05) is 60.8 Å².